The molecule has 0 aliphatic carbocycles. The summed E-state index contributed by atoms with van der Waals surface area (Å²) >= 11 is 1.49. The second-order valence-electron chi connectivity index (χ2n) is 7.32. The van der Waals surface area contributed by atoms with E-state index in [1.807, 2.05) is 26.2 Å². The van der Waals surface area contributed by atoms with Gasteiger partial charge >= 0.3 is 0 Å². The van der Waals surface area contributed by atoms with Gasteiger partial charge in [0.2, 0.25) is 11.1 Å². The second-order valence-corrected chi connectivity index (χ2v) is 8.09. The van der Waals surface area contributed by atoms with Crippen LogP contribution in [0.1, 0.15) is 35.4 Å². The first kappa shape index (κ1) is 18.9. The fraction of sp³-hybridized carbons (Fsp3) is 0.429. The Balaban J connectivity index is 1.55. The molecule has 3 aromatic rings. The summed E-state index contributed by atoms with van der Waals surface area (Å²) in [5, 5.41) is 5.18. The lowest BCUT2D eigenvalue weighted by atomic mass is 10.0. The number of aromatic nitrogens is 4. The summed E-state index contributed by atoms with van der Waals surface area (Å²) in [6.45, 7) is 4.78. The van der Waals surface area contributed by atoms with Gasteiger partial charge in [0.05, 0.1) is 6.42 Å². The molecule has 6 nitrogen and oxygen atoms in total. The molecule has 1 aromatic carbocycles. The van der Waals surface area contributed by atoms with Crippen LogP contribution in [0.3, 0.4) is 0 Å². The smallest absolute Gasteiger partial charge is 0.253 e. The van der Waals surface area contributed by atoms with Gasteiger partial charge in [-0.05, 0) is 44.9 Å². The van der Waals surface area contributed by atoms with Crippen molar-refractivity contribution in [2.75, 3.05) is 12.8 Å². The number of amides is 1. The predicted octanol–water partition coefficient (Wildman–Crippen LogP) is 3.24. The molecule has 28 heavy (non-hydrogen) atoms. The number of carbonyl (C=O) groups excluding carboxylic acids is 1. The summed E-state index contributed by atoms with van der Waals surface area (Å²) in [6, 6.07) is 10.7. The predicted molar refractivity (Wildman–Crippen MR) is 111 cm³/mol. The van der Waals surface area contributed by atoms with Gasteiger partial charge in [0.1, 0.15) is 0 Å². The molecule has 2 aromatic heterocycles. The average Bonchev–Trinajstić information content (AvgIpc) is 3.32. The number of likely N-dealkylation sites (tertiary alicyclic amines) is 1. The largest absolute Gasteiger partial charge is 0.339 e. The Labute approximate surface area is 169 Å². The van der Waals surface area contributed by atoms with Crippen molar-refractivity contribution in [1.29, 1.82) is 0 Å². The number of thioether (sulfide) groups is 1. The zero-order chi connectivity index (χ0) is 19.7. The minimum Gasteiger partial charge on any atom is -0.339 e. The minimum absolute atomic E-state index is 0.177. The number of hydrogen-bond donors (Lipinski definition) is 0. The summed E-state index contributed by atoms with van der Waals surface area (Å²) < 4.78 is 1.76. The lowest BCUT2D eigenvalue weighted by Gasteiger charge is -2.25. The second kappa shape index (κ2) is 7.91. The molecule has 1 saturated heterocycles. The summed E-state index contributed by atoms with van der Waals surface area (Å²) in [7, 11) is 0. The van der Waals surface area contributed by atoms with Crippen molar-refractivity contribution in [2.45, 2.75) is 50.7 Å². The Bertz CT molecular complexity index is 1000. The van der Waals surface area contributed by atoms with Gasteiger partial charge in [0.25, 0.3) is 5.78 Å². The van der Waals surface area contributed by atoms with Gasteiger partial charge in [-0.1, -0.05) is 42.1 Å². The van der Waals surface area contributed by atoms with Crippen molar-refractivity contribution in [3.8, 4) is 0 Å². The molecule has 1 atom stereocenters. The highest BCUT2D eigenvalue weighted by atomic mass is 32.2. The number of fused-ring (bicyclic) bond motifs is 1. The maximum Gasteiger partial charge on any atom is 0.253 e. The summed E-state index contributed by atoms with van der Waals surface area (Å²) in [5.41, 5.74) is 4.05. The fourth-order valence-electron chi connectivity index (χ4n) is 4.05. The maximum absolute atomic E-state index is 13.2. The Morgan fingerprint density at radius 2 is 2.00 bits per heavy atom. The first-order valence-corrected chi connectivity index (χ1v) is 10.9. The maximum atomic E-state index is 13.2. The fourth-order valence-corrected chi connectivity index (χ4v) is 4.38. The molecule has 0 bridgehead atoms. The molecule has 4 rings (SSSR count). The Morgan fingerprint density at radius 1 is 1.21 bits per heavy atom. The molecule has 3 heterocycles. The van der Waals surface area contributed by atoms with Crippen LogP contribution in [0.25, 0.3) is 5.78 Å². The van der Waals surface area contributed by atoms with Crippen LogP contribution in [-0.2, 0) is 17.6 Å². The molecule has 1 aliphatic rings. The monoisotopic (exact) mass is 395 g/mol. The van der Waals surface area contributed by atoms with Gasteiger partial charge in [-0.25, -0.2) is 9.50 Å². The van der Waals surface area contributed by atoms with E-state index in [4.69, 9.17) is 0 Å². The molecule has 0 spiro atoms. The first-order valence-electron chi connectivity index (χ1n) is 9.67. The van der Waals surface area contributed by atoms with Gasteiger partial charge in [0, 0.05) is 29.5 Å². The van der Waals surface area contributed by atoms with E-state index >= 15 is 0 Å². The van der Waals surface area contributed by atoms with Crippen molar-refractivity contribution in [3.05, 3.63) is 52.8 Å². The van der Waals surface area contributed by atoms with Crippen molar-refractivity contribution >= 4 is 23.4 Å². The van der Waals surface area contributed by atoms with Gasteiger partial charge in [-0.2, -0.15) is 4.98 Å². The van der Waals surface area contributed by atoms with Gasteiger partial charge in [0.15, 0.2) is 0 Å². The van der Waals surface area contributed by atoms with E-state index in [2.05, 4.69) is 44.2 Å². The Kier molecular flexibility index (Phi) is 5.35. The van der Waals surface area contributed by atoms with Crippen molar-refractivity contribution in [3.63, 3.8) is 0 Å². The quantitative estimate of drug-likeness (QED) is 0.621. The van der Waals surface area contributed by atoms with Crippen LogP contribution in [0.15, 0.2) is 35.5 Å². The zero-order valence-corrected chi connectivity index (χ0v) is 17.4. The van der Waals surface area contributed by atoms with Crippen molar-refractivity contribution in [1.82, 2.24) is 24.5 Å². The molecule has 1 aliphatic heterocycles. The third-order valence-electron chi connectivity index (χ3n) is 5.55. The van der Waals surface area contributed by atoms with E-state index in [1.54, 1.807) is 4.52 Å². The third kappa shape index (κ3) is 3.63. The highest BCUT2D eigenvalue weighted by Crippen LogP contribution is 2.24. The van der Waals surface area contributed by atoms with Crippen LogP contribution in [0.5, 0.6) is 0 Å². The minimum atomic E-state index is 0.177. The van der Waals surface area contributed by atoms with E-state index in [0.717, 1.165) is 42.8 Å². The Hall–Kier alpha value is -2.41. The van der Waals surface area contributed by atoms with Crippen LogP contribution >= 0.6 is 11.8 Å². The van der Waals surface area contributed by atoms with E-state index < -0.39 is 0 Å². The van der Waals surface area contributed by atoms with Crippen LogP contribution in [0, 0.1) is 13.8 Å². The summed E-state index contributed by atoms with van der Waals surface area (Å²) in [5.74, 6) is 0.773. The molecular formula is C21H25N5OS. The van der Waals surface area contributed by atoms with E-state index in [1.165, 1.54) is 17.3 Å². The number of nitrogens with zero attached hydrogens (tertiary/aromatic N) is 5. The number of carbonyl (C=O) groups is 1. The van der Waals surface area contributed by atoms with Crippen LogP contribution in [0.2, 0.25) is 0 Å². The van der Waals surface area contributed by atoms with Gasteiger partial charge in [-0.15, -0.1) is 5.10 Å². The highest BCUT2D eigenvalue weighted by Gasteiger charge is 2.29. The van der Waals surface area contributed by atoms with Crippen molar-refractivity contribution in [2.24, 2.45) is 0 Å². The lowest BCUT2D eigenvalue weighted by molar-refractivity contribution is -0.131. The van der Waals surface area contributed by atoms with E-state index in [9.17, 15) is 4.79 Å². The third-order valence-corrected chi connectivity index (χ3v) is 6.09. The molecule has 1 fully saturated rings. The molecule has 0 unspecified atom stereocenters. The number of benzene rings is 1. The van der Waals surface area contributed by atoms with Gasteiger partial charge in [-0.3, -0.25) is 4.79 Å². The van der Waals surface area contributed by atoms with Crippen LogP contribution < -0.4 is 0 Å². The van der Waals surface area contributed by atoms with Gasteiger partial charge < -0.3 is 4.90 Å². The SMILES string of the molecule is CSc1nc2nc(C)c(CC(=O)N3CCC[C@H]3Cc3ccccc3)c(C)n2n1. The molecule has 1 amide bonds. The summed E-state index contributed by atoms with van der Waals surface area (Å²) in [4.78, 5) is 24.2. The topological polar surface area (TPSA) is 63.4 Å². The lowest BCUT2D eigenvalue weighted by Crippen LogP contribution is -2.38. The number of rotatable bonds is 5. The first-order chi connectivity index (χ1) is 13.6. The van der Waals surface area contributed by atoms with E-state index in [-0.39, 0.29) is 11.9 Å². The standard InChI is InChI=1S/C21H25N5OS/c1-14-18(15(2)26-20(22-14)23-21(24-26)28-3)13-19(27)25-11-7-10-17(25)12-16-8-5-4-6-9-16/h4-6,8-9,17H,7,10-13H2,1-3H3/t17-/m0/s1. The van der Waals surface area contributed by atoms with Crippen LogP contribution in [0.4, 0.5) is 0 Å². The normalized spacial score (nSPS) is 16.8. The highest BCUT2D eigenvalue weighted by molar-refractivity contribution is 7.98. The molecule has 0 saturated carbocycles. The van der Waals surface area contributed by atoms with Crippen LogP contribution in [-0.4, -0.2) is 49.2 Å². The zero-order valence-electron chi connectivity index (χ0n) is 16.6. The molecule has 0 radical (unpaired) electrons. The average molecular weight is 396 g/mol. The Morgan fingerprint density at radius 3 is 2.75 bits per heavy atom. The van der Waals surface area contributed by atoms with Crippen molar-refractivity contribution < 1.29 is 4.79 Å². The summed E-state index contributed by atoms with van der Waals surface area (Å²) in [6.07, 6.45) is 5.36. The molecular weight excluding hydrogens is 370 g/mol. The number of aryl methyl sites for hydroxylation is 2. The molecule has 146 valence electrons. The number of hydrogen-bond acceptors (Lipinski definition) is 5. The van der Waals surface area contributed by atoms with E-state index in [0.29, 0.717) is 17.4 Å². The molecule has 7 heteroatoms. The molecule has 0 N–H and O–H groups in total.